The maximum absolute atomic E-state index is 13.8. The fraction of sp³-hybridized carbons (Fsp3) is 0.444. The molecule has 8 nitrogen and oxygen atoms in total. The van der Waals surface area contributed by atoms with Crippen molar-refractivity contribution in [2.75, 3.05) is 26.2 Å². The summed E-state index contributed by atoms with van der Waals surface area (Å²) in [4.78, 5) is 26.8. The van der Waals surface area contributed by atoms with Gasteiger partial charge in [-0.3, -0.25) is 24.5 Å². The van der Waals surface area contributed by atoms with Gasteiger partial charge in [-0.25, -0.2) is 4.39 Å². The van der Waals surface area contributed by atoms with E-state index in [1.807, 2.05) is 6.07 Å². The molecule has 9 heteroatoms. The normalized spacial score (nSPS) is 16.3. The molecule has 1 fully saturated rings. The Hall–Kier alpha value is -2.81. The predicted molar refractivity (Wildman–Crippen MR) is 96.3 cm³/mol. The van der Waals surface area contributed by atoms with Crippen molar-refractivity contribution in [3.8, 4) is 0 Å². The average molecular weight is 375 g/mol. The molecule has 1 unspecified atom stereocenters. The molecule has 0 saturated carbocycles. The predicted octanol–water partition coefficient (Wildman–Crippen LogP) is 1.91. The second-order valence-electron chi connectivity index (χ2n) is 6.77. The molecule has 1 aliphatic heterocycles. The van der Waals surface area contributed by atoms with Crippen molar-refractivity contribution in [1.29, 1.82) is 0 Å². The molecule has 1 aromatic heterocycles. The van der Waals surface area contributed by atoms with Gasteiger partial charge in [-0.05, 0) is 6.07 Å². The lowest BCUT2D eigenvalue weighted by atomic mass is 10.1. The molecule has 3 rings (SSSR count). The summed E-state index contributed by atoms with van der Waals surface area (Å²) in [5, 5.41) is 14.6. The zero-order chi connectivity index (χ0) is 19.4. The Bertz CT molecular complexity index is 817. The third-order valence-electron chi connectivity index (χ3n) is 4.75. The molecule has 144 valence electrons. The SMILES string of the molecule is CC(Cn1cc([N+](=O)[O-])cn1)C(=O)N1CCN(Cc2ccccc2F)CC1. The summed E-state index contributed by atoms with van der Waals surface area (Å²) in [6.45, 7) is 5.14. The van der Waals surface area contributed by atoms with Gasteiger partial charge in [-0.15, -0.1) is 0 Å². The van der Waals surface area contributed by atoms with Crippen LogP contribution in [0, 0.1) is 21.8 Å². The number of amides is 1. The number of benzene rings is 1. The number of nitro groups is 1. The van der Waals surface area contributed by atoms with Crippen molar-refractivity contribution in [1.82, 2.24) is 19.6 Å². The van der Waals surface area contributed by atoms with Gasteiger partial charge in [0.15, 0.2) is 0 Å². The van der Waals surface area contributed by atoms with E-state index in [9.17, 15) is 19.3 Å². The molecule has 0 aliphatic carbocycles. The van der Waals surface area contributed by atoms with Gasteiger partial charge in [0.1, 0.15) is 18.2 Å². The van der Waals surface area contributed by atoms with Gasteiger partial charge in [0.25, 0.3) is 0 Å². The van der Waals surface area contributed by atoms with Crippen LogP contribution in [0.15, 0.2) is 36.7 Å². The van der Waals surface area contributed by atoms with Gasteiger partial charge in [0, 0.05) is 38.3 Å². The number of aromatic nitrogens is 2. The van der Waals surface area contributed by atoms with Crippen LogP contribution in [0.1, 0.15) is 12.5 Å². The van der Waals surface area contributed by atoms with Gasteiger partial charge >= 0.3 is 5.69 Å². The van der Waals surface area contributed by atoms with Gasteiger partial charge in [-0.2, -0.15) is 5.10 Å². The molecule has 0 spiro atoms. The molecule has 1 aromatic carbocycles. The molecule has 0 radical (unpaired) electrons. The van der Waals surface area contributed by atoms with Crippen LogP contribution in [0.2, 0.25) is 0 Å². The number of piperazine rings is 1. The third kappa shape index (κ3) is 4.68. The highest BCUT2D eigenvalue weighted by molar-refractivity contribution is 5.78. The average Bonchev–Trinajstić information content (AvgIpc) is 3.12. The number of rotatable bonds is 6. The minimum Gasteiger partial charge on any atom is -0.340 e. The number of halogens is 1. The Morgan fingerprint density at radius 3 is 2.63 bits per heavy atom. The van der Waals surface area contributed by atoms with E-state index in [0.29, 0.717) is 44.8 Å². The first-order chi connectivity index (χ1) is 12.9. The summed E-state index contributed by atoms with van der Waals surface area (Å²) in [5.41, 5.74) is 0.572. The smallest absolute Gasteiger partial charge is 0.306 e. The van der Waals surface area contributed by atoms with E-state index in [0.717, 1.165) is 0 Å². The number of carbonyl (C=O) groups is 1. The Kier molecular flexibility index (Phi) is 5.80. The van der Waals surface area contributed by atoms with E-state index in [1.165, 1.54) is 23.1 Å². The van der Waals surface area contributed by atoms with Gasteiger partial charge < -0.3 is 4.90 Å². The minimum atomic E-state index is -0.509. The molecular weight excluding hydrogens is 353 g/mol. The Morgan fingerprint density at radius 1 is 1.30 bits per heavy atom. The van der Waals surface area contributed by atoms with Gasteiger partial charge in [0.2, 0.25) is 5.91 Å². The number of hydrogen-bond acceptors (Lipinski definition) is 5. The lowest BCUT2D eigenvalue weighted by Gasteiger charge is -2.36. The van der Waals surface area contributed by atoms with E-state index in [4.69, 9.17) is 0 Å². The highest BCUT2D eigenvalue weighted by Gasteiger charge is 2.26. The lowest BCUT2D eigenvalue weighted by molar-refractivity contribution is -0.385. The summed E-state index contributed by atoms with van der Waals surface area (Å²) < 4.78 is 15.2. The largest absolute Gasteiger partial charge is 0.340 e. The fourth-order valence-electron chi connectivity index (χ4n) is 3.21. The van der Waals surface area contributed by atoms with Crippen LogP contribution in [0.3, 0.4) is 0 Å². The van der Waals surface area contributed by atoms with E-state index in [1.54, 1.807) is 24.0 Å². The zero-order valence-corrected chi connectivity index (χ0v) is 15.1. The molecule has 1 aliphatic rings. The first-order valence-electron chi connectivity index (χ1n) is 8.85. The number of nitrogens with zero attached hydrogens (tertiary/aromatic N) is 5. The molecule has 27 heavy (non-hydrogen) atoms. The second kappa shape index (κ2) is 8.26. The molecular formula is C18H22FN5O3. The molecule has 2 aromatic rings. The Labute approximate surface area is 156 Å². The van der Waals surface area contributed by atoms with Crippen LogP contribution in [-0.4, -0.2) is 56.6 Å². The minimum absolute atomic E-state index is 0.00121. The molecule has 1 saturated heterocycles. The van der Waals surface area contributed by atoms with Crippen LogP contribution >= 0.6 is 0 Å². The number of carbonyl (C=O) groups excluding carboxylic acids is 1. The summed E-state index contributed by atoms with van der Waals surface area (Å²) in [7, 11) is 0. The summed E-state index contributed by atoms with van der Waals surface area (Å²) in [5.74, 6) is -0.542. The molecule has 1 atom stereocenters. The van der Waals surface area contributed by atoms with Crippen molar-refractivity contribution >= 4 is 11.6 Å². The van der Waals surface area contributed by atoms with E-state index >= 15 is 0 Å². The topological polar surface area (TPSA) is 84.5 Å². The summed E-state index contributed by atoms with van der Waals surface area (Å²) in [6.07, 6.45) is 2.51. The van der Waals surface area contributed by atoms with Crippen LogP contribution in [0.25, 0.3) is 0 Å². The van der Waals surface area contributed by atoms with Crippen molar-refractivity contribution in [3.63, 3.8) is 0 Å². The van der Waals surface area contributed by atoms with Crippen molar-refractivity contribution in [2.45, 2.75) is 20.0 Å². The second-order valence-corrected chi connectivity index (χ2v) is 6.77. The Balaban J connectivity index is 1.50. The Morgan fingerprint density at radius 2 is 2.00 bits per heavy atom. The zero-order valence-electron chi connectivity index (χ0n) is 15.1. The molecule has 1 amide bonds. The third-order valence-corrected chi connectivity index (χ3v) is 4.75. The first kappa shape index (κ1) is 19.0. The van der Waals surface area contributed by atoms with Crippen molar-refractivity contribution in [3.05, 3.63) is 58.2 Å². The van der Waals surface area contributed by atoms with E-state index < -0.39 is 4.92 Å². The highest BCUT2D eigenvalue weighted by Crippen LogP contribution is 2.15. The van der Waals surface area contributed by atoms with E-state index in [-0.39, 0.29) is 23.3 Å². The molecule has 0 N–H and O–H groups in total. The van der Waals surface area contributed by atoms with E-state index in [2.05, 4.69) is 10.00 Å². The van der Waals surface area contributed by atoms with Gasteiger partial charge in [-0.1, -0.05) is 25.1 Å². The highest BCUT2D eigenvalue weighted by atomic mass is 19.1. The van der Waals surface area contributed by atoms with Crippen LogP contribution in [0.4, 0.5) is 10.1 Å². The summed E-state index contributed by atoms with van der Waals surface area (Å²) >= 11 is 0. The molecule has 2 heterocycles. The summed E-state index contributed by atoms with van der Waals surface area (Å²) in [6, 6.07) is 6.72. The number of hydrogen-bond donors (Lipinski definition) is 0. The van der Waals surface area contributed by atoms with Crippen LogP contribution < -0.4 is 0 Å². The lowest BCUT2D eigenvalue weighted by Crippen LogP contribution is -2.50. The first-order valence-corrected chi connectivity index (χ1v) is 8.85. The monoisotopic (exact) mass is 375 g/mol. The fourth-order valence-corrected chi connectivity index (χ4v) is 3.21. The van der Waals surface area contributed by atoms with Crippen LogP contribution in [-0.2, 0) is 17.9 Å². The molecule has 0 bridgehead atoms. The maximum atomic E-state index is 13.8. The van der Waals surface area contributed by atoms with Crippen LogP contribution in [0.5, 0.6) is 0 Å². The van der Waals surface area contributed by atoms with Crippen molar-refractivity contribution < 1.29 is 14.1 Å². The maximum Gasteiger partial charge on any atom is 0.306 e. The quantitative estimate of drug-likeness (QED) is 0.569. The van der Waals surface area contributed by atoms with Crippen molar-refractivity contribution in [2.24, 2.45) is 5.92 Å². The standard InChI is InChI=1S/C18H22FN5O3/c1-14(11-23-13-16(10-20-23)24(26)27)18(25)22-8-6-21(7-9-22)12-15-4-2-3-5-17(15)19/h2-5,10,13-14H,6-9,11-12H2,1H3. The van der Waals surface area contributed by atoms with Gasteiger partial charge in [0.05, 0.1) is 17.4 Å².